The zero-order valence-corrected chi connectivity index (χ0v) is 12.5. The quantitative estimate of drug-likeness (QED) is 0.925. The van der Waals surface area contributed by atoms with E-state index < -0.39 is 11.0 Å². The first-order valence-corrected chi connectivity index (χ1v) is 7.20. The summed E-state index contributed by atoms with van der Waals surface area (Å²) in [6.45, 7) is 6.09. The van der Waals surface area contributed by atoms with Gasteiger partial charge in [-0.3, -0.25) is 4.98 Å². The SMILES string of the molecule is CC(C)(C)S(=O)NCCc1ncc(Br)cc1F. The van der Waals surface area contributed by atoms with E-state index in [1.165, 1.54) is 6.07 Å². The Balaban J connectivity index is 2.49. The Labute approximate surface area is 112 Å². The van der Waals surface area contributed by atoms with Crippen LogP contribution in [0.3, 0.4) is 0 Å². The fourth-order valence-electron chi connectivity index (χ4n) is 1.11. The van der Waals surface area contributed by atoms with Gasteiger partial charge < -0.3 is 0 Å². The normalized spacial score (nSPS) is 13.7. The highest BCUT2D eigenvalue weighted by atomic mass is 79.9. The third-order valence-corrected chi connectivity index (χ3v) is 4.05. The molecule has 1 aromatic heterocycles. The van der Waals surface area contributed by atoms with Crippen LogP contribution >= 0.6 is 15.9 Å². The monoisotopic (exact) mass is 322 g/mol. The number of pyridine rings is 1. The molecule has 0 saturated carbocycles. The molecule has 1 heterocycles. The smallest absolute Gasteiger partial charge is 0.145 e. The van der Waals surface area contributed by atoms with Crippen LogP contribution in [0.2, 0.25) is 0 Å². The second kappa shape index (κ2) is 6.02. The van der Waals surface area contributed by atoms with Gasteiger partial charge in [0.15, 0.2) is 0 Å². The van der Waals surface area contributed by atoms with Crippen LogP contribution in [-0.4, -0.2) is 20.5 Å². The Morgan fingerprint density at radius 3 is 2.71 bits per heavy atom. The molecule has 3 nitrogen and oxygen atoms in total. The first-order chi connectivity index (χ1) is 7.80. The lowest BCUT2D eigenvalue weighted by atomic mass is 10.2. The van der Waals surface area contributed by atoms with Crippen LogP contribution in [0.4, 0.5) is 4.39 Å². The lowest BCUT2D eigenvalue weighted by Gasteiger charge is -2.17. The largest absolute Gasteiger partial charge is 0.257 e. The third-order valence-electron chi connectivity index (χ3n) is 2.04. The summed E-state index contributed by atoms with van der Waals surface area (Å²) < 4.78 is 28.3. The Kier molecular flexibility index (Phi) is 5.22. The van der Waals surface area contributed by atoms with Crippen molar-refractivity contribution in [2.24, 2.45) is 0 Å². The molecule has 1 atom stereocenters. The van der Waals surface area contributed by atoms with Crippen LogP contribution in [0.1, 0.15) is 26.5 Å². The van der Waals surface area contributed by atoms with Crippen LogP contribution in [0, 0.1) is 5.82 Å². The Morgan fingerprint density at radius 2 is 2.18 bits per heavy atom. The van der Waals surface area contributed by atoms with Crippen molar-refractivity contribution in [3.05, 3.63) is 28.2 Å². The van der Waals surface area contributed by atoms with Crippen molar-refractivity contribution >= 4 is 26.9 Å². The van der Waals surface area contributed by atoms with Crippen molar-refractivity contribution in [1.82, 2.24) is 9.71 Å². The summed E-state index contributed by atoms with van der Waals surface area (Å²) in [5, 5.41) is 0. The molecular formula is C11H16BrFN2OS. The van der Waals surface area contributed by atoms with Crippen LogP contribution in [0.25, 0.3) is 0 Å². The summed E-state index contributed by atoms with van der Waals surface area (Å²) >= 11 is 3.15. The van der Waals surface area contributed by atoms with Crippen molar-refractivity contribution in [2.75, 3.05) is 6.54 Å². The van der Waals surface area contributed by atoms with E-state index in [4.69, 9.17) is 0 Å². The van der Waals surface area contributed by atoms with Gasteiger partial charge in [-0.25, -0.2) is 13.3 Å². The number of aromatic nitrogens is 1. The fraction of sp³-hybridized carbons (Fsp3) is 0.545. The second-order valence-electron chi connectivity index (χ2n) is 4.61. The summed E-state index contributed by atoms with van der Waals surface area (Å²) in [4.78, 5) is 3.98. The molecule has 17 heavy (non-hydrogen) atoms. The minimum absolute atomic E-state index is 0.314. The highest BCUT2D eigenvalue weighted by Crippen LogP contribution is 2.13. The van der Waals surface area contributed by atoms with E-state index in [0.29, 0.717) is 23.1 Å². The number of nitrogens with zero attached hydrogens (tertiary/aromatic N) is 1. The third kappa shape index (κ3) is 4.81. The number of hydrogen-bond donors (Lipinski definition) is 1. The summed E-state index contributed by atoms with van der Waals surface area (Å²) in [5.41, 5.74) is 0.381. The molecule has 0 fully saturated rings. The van der Waals surface area contributed by atoms with Crippen LogP contribution in [-0.2, 0) is 17.4 Å². The van der Waals surface area contributed by atoms with Gasteiger partial charge >= 0.3 is 0 Å². The molecule has 0 aliphatic heterocycles. The first kappa shape index (κ1) is 14.7. The molecule has 0 aromatic carbocycles. The molecule has 0 aliphatic carbocycles. The van der Waals surface area contributed by atoms with Gasteiger partial charge in [-0.05, 0) is 42.8 Å². The van der Waals surface area contributed by atoms with Gasteiger partial charge in [-0.1, -0.05) is 0 Å². The standard InChI is InChI=1S/C11H16BrFN2OS/c1-11(2,3)17(16)15-5-4-10-9(13)6-8(12)7-14-10/h6-7,15H,4-5H2,1-3H3. The minimum atomic E-state index is -1.13. The van der Waals surface area contributed by atoms with E-state index in [9.17, 15) is 8.60 Å². The maximum Gasteiger partial charge on any atom is 0.145 e. The molecule has 1 aromatic rings. The predicted molar refractivity (Wildman–Crippen MR) is 71.5 cm³/mol. The molecule has 0 aliphatic rings. The van der Waals surface area contributed by atoms with Crippen LogP contribution in [0.5, 0.6) is 0 Å². The van der Waals surface area contributed by atoms with Gasteiger partial charge in [0.2, 0.25) is 0 Å². The van der Waals surface area contributed by atoms with Crippen molar-refractivity contribution in [1.29, 1.82) is 0 Å². The average Bonchev–Trinajstić information content (AvgIpc) is 2.19. The van der Waals surface area contributed by atoms with Gasteiger partial charge in [0, 0.05) is 23.6 Å². The van der Waals surface area contributed by atoms with E-state index in [-0.39, 0.29) is 10.6 Å². The van der Waals surface area contributed by atoms with Crippen LogP contribution < -0.4 is 4.72 Å². The zero-order valence-electron chi connectivity index (χ0n) is 10.1. The summed E-state index contributed by atoms with van der Waals surface area (Å²) in [5.74, 6) is -0.345. The lowest BCUT2D eigenvalue weighted by molar-refractivity contribution is 0.592. The molecule has 96 valence electrons. The van der Waals surface area contributed by atoms with Crippen LogP contribution in [0.15, 0.2) is 16.7 Å². The predicted octanol–water partition coefficient (Wildman–Crippen LogP) is 2.58. The Bertz CT molecular complexity index is 420. The maximum absolute atomic E-state index is 13.4. The Hall–Kier alpha value is -0.330. The van der Waals surface area contributed by atoms with Gasteiger partial charge in [-0.2, -0.15) is 0 Å². The highest BCUT2D eigenvalue weighted by molar-refractivity contribution is 9.10. The summed E-state index contributed by atoms with van der Waals surface area (Å²) in [7, 11) is -1.13. The van der Waals surface area contributed by atoms with Crippen molar-refractivity contribution < 1.29 is 8.60 Å². The van der Waals surface area contributed by atoms with Crippen molar-refractivity contribution in [3.8, 4) is 0 Å². The molecule has 1 N–H and O–H groups in total. The molecular weight excluding hydrogens is 307 g/mol. The summed E-state index contributed by atoms with van der Waals surface area (Å²) in [6, 6.07) is 1.38. The van der Waals surface area contributed by atoms with E-state index in [1.54, 1.807) is 6.20 Å². The van der Waals surface area contributed by atoms with E-state index in [2.05, 4.69) is 25.6 Å². The molecule has 0 saturated heterocycles. The van der Waals surface area contributed by atoms with Gasteiger partial charge in [0.1, 0.15) is 5.82 Å². The number of rotatable bonds is 4. The lowest BCUT2D eigenvalue weighted by Crippen LogP contribution is -2.34. The van der Waals surface area contributed by atoms with E-state index in [0.717, 1.165) is 0 Å². The van der Waals surface area contributed by atoms with Gasteiger partial charge in [0.25, 0.3) is 0 Å². The van der Waals surface area contributed by atoms with Crippen molar-refractivity contribution in [2.45, 2.75) is 31.9 Å². The zero-order chi connectivity index (χ0) is 13.1. The van der Waals surface area contributed by atoms with Crippen molar-refractivity contribution in [3.63, 3.8) is 0 Å². The molecule has 0 bridgehead atoms. The van der Waals surface area contributed by atoms with E-state index in [1.807, 2.05) is 20.8 Å². The fourth-order valence-corrected chi connectivity index (χ4v) is 2.13. The summed E-state index contributed by atoms with van der Waals surface area (Å²) in [6.07, 6.45) is 1.97. The average molecular weight is 323 g/mol. The van der Waals surface area contributed by atoms with Gasteiger partial charge in [0.05, 0.1) is 21.4 Å². The molecule has 6 heteroatoms. The topological polar surface area (TPSA) is 42.0 Å². The molecule has 0 spiro atoms. The number of halogens is 2. The molecule has 0 radical (unpaired) electrons. The first-order valence-electron chi connectivity index (χ1n) is 5.26. The minimum Gasteiger partial charge on any atom is -0.257 e. The second-order valence-corrected chi connectivity index (χ2v) is 7.57. The molecule has 0 amide bonds. The Morgan fingerprint density at radius 1 is 1.53 bits per heavy atom. The maximum atomic E-state index is 13.4. The molecule has 1 rings (SSSR count). The number of nitrogens with one attached hydrogen (secondary N) is 1. The highest BCUT2D eigenvalue weighted by Gasteiger charge is 2.18. The number of hydrogen-bond acceptors (Lipinski definition) is 2. The molecule has 1 unspecified atom stereocenters. The van der Waals surface area contributed by atoms with Gasteiger partial charge in [-0.15, -0.1) is 0 Å². The van der Waals surface area contributed by atoms with E-state index >= 15 is 0 Å².